The van der Waals surface area contributed by atoms with E-state index in [4.69, 9.17) is 17.3 Å². The Morgan fingerprint density at radius 2 is 1.48 bits per heavy atom. The first-order valence-electron chi connectivity index (χ1n) is 8.42. The molecule has 0 bridgehead atoms. The van der Waals surface area contributed by atoms with Crippen LogP contribution in [-0.4, -0.2) is 5.75 Å². The van der Waals surface area contributed by atoms with Crippen molar-refractivity contribution in [2.24, 2.45) is 0 Å². The molecule has 0 saturated heterocycles. The SMILES string of the molecule is CCCCCCCCCCCCSc1ccc(N)cc1Cl. The van der Waals surface area contributed by atoms with Crippen molar-refractivity contribution in [1.82, 2.24) is 0 Å². The van der Waals surface area contributed by atoms with Crippen LogP contribution in [0.1, 0.15) is 71.1 Å². The highest BCUT2D eigenvalue weighted by Gasteiger charge is 2.01. The van der Waals surface area contributed by atoms with Gasteiger partial charge in [-0.25, -0.2) is 0 Å². The third kappa shape index (κ3) is 9.31. The van der Waals surface area contributed by atoms with Crippen molar-refractivity contribution >= 4 is 29.1 Å². The average molecular weight is 328 g/mol. The maximum atomic E-state index is 6.16. The molecule has 0 unspecified atom stereocenters. The molecule has 1 rings (SSSR count). The van der Waals surface area contributed by atoms with E-state index in [9.17, 15) is 0 Å². The molecule has 0 fully saturated rings. The molecule has 0 aromatic heterocycles. The van der Waals surface area contributed by atoms with E-state index < -0.39 is 0 Å². The van der Waals surface area contributed by atoms with E-state index >= 15 is 0 Å². The second kappa shape index (κ2) is 12.2. The minimum absolute atomic E-state index is 0.739. The van der Waals surface area contributed by atoms with E-state index in [0.717, 1.165) is 21.4 Å². The lowest BCUT2D eigenvalue weighted by Crippen LogP contribution is -1.86. The number of hydrogen-bond acceptors (Lipinski definition) is 2. The smallest absolute Gasteiger partial charge is 0.0562 e. The van der Waals surface area contributed by atoms with E-state index in [0.29, 0.717) is 0 Å². The zero-order valence-corrected chi connectivity index (χ0v) is 14.9. The minimum atomic E-state index is 0.739. The normalized spacial score (nSPS) is 11.0. The Morgan fingerprint density at radius 1 is 0.905 bits per heavy atom. The Labute approximate surface area is 140 Å². The number of nitrogens with two attached hydrogens (primary N) is 1. The summed E-state index contributed by atoms with van der Waals surface area (Å²) in [4.78, 5) is 1.15. The van der Waals surface area contributed by atoms with E-state index in [1.165, 1.54) is 64.2 Å². The summed E-state index contributed by atoms with van der Waals surface area (Å²) in [6.45, 7) is 2.27. The molecule has 120 valence electrons. The molecular formula is C18H30ClNS. The van der Waals surface area contributed by atoms with Gasteiger partial charge in [0, 0.05) is 10.6 Å². The number of nitrogen functional groups attached to an aromatic ring is 1. The first kappa shape index (κ1) is 18.7. The molecule has 3 heteroatoms. The van der Waals surface area contributed by atoms with Crippen LogP contribution in [0.3, 0.4) is 0 Å². The summed E-state index contributed by atoms with van der Waals surface area (Å²) >= 11 is 8.01. The van der Waals surface area contributed by atoms with Crippen molar-refractivity contribution in [3.05, 3.63) is 23.2 Å². The highest BCUT2D eigenvalue weighted by Crippen LogP contribution is 2.29. The summed E-state index contributed by atoms with van der Waals surface area (Å²) in [7, 11) is 0. The predicted molar refractivity (Wildman–Crippen MR) is 98.4 cm³/mol. The van der Waals surface area contributed by atoms with E-state index in [1.54, 1.807) is 0 Å². The molecule has 1 aromatic carbocycles. The largest absolute Gasteiger partial charge is 0.399 e. The molecule has 1 aromatic rings. The van der Waals surface area contributed by atoms with Crippen molar-refractivity contribution in [3.63, 3.8) is 0 Å². The van der Waals surface area contributed by atoms with Gasteiger partial charge < -0.3 is 5.73 Å². The number of hydrogen-bond donors (Lipinski definition) is 1. The summed E-state index contributed by atoms with van der Waals surface area (Å²) in [6, 6.07) is 5.79. The Hall–Kier alpha value is -0.340. The molecule has 0 spiro atoms. The zero-order chi connectivity index (χ0) is 15.3. The molecule has 0 saturated carbocycles. The monoisotopic (exact) mass is 327 g/mol. The Morgan fingerprint density at radius 3 is 2.05 bits per heavy atom. The third-order valence-corrected chi connectivity index (χ3v) is 5.30. The molecule has 0 aliphatic carbocycles. The van der Waals surface area contributed by atoms with Gasteiger partial charge in [-0.2, -0.15) is 0 Å². The fraction of sp³-hybridized carbons (Fsp3) is 0.667. The predicted octanol–water partition coefficient (Wildman–Crippen LogP) is 6.94. The lowest BCUT2D eigenvalue weighted by Gasteiger charge is -2.05. The molecule has 21 heavy (non-hydrogen) atoms. The van der Waals surface area contributed by atoms with Gasteiger partial charge in [0.15, 0.2) is 0 Å². The molecular weight excluding hydrogens is 298 g/mol. The Kier molecular flexibility index (Phi) is 10.9. The first-order chi connectivity index (χ1) is 10.2. The van der Waals surface area contributed by atoms with Crippen LogP contribution in [0.4, 0.5) is 5.69 Å². The standard InChI is InChI=1S/C18H30ClNS/c1-2-3-4-5-6-7-8-9-10-11-14-21-18-13-12-16(20)15-17(18)19/h12-13,15H,2-11,14,20H2,1H3. The van der Waals surface area contributed by atoms with E-state index in [1.807, 2.05) is 30.0 Å². The van der Waals surface area contributed by atoms with Gasteiger partial charge in [0.25, 0.3) is 0 Å². The van der Waals surface area contributed by atoms with Gasteiger partial charge in [-0.1, -0.05) is 76.3 Å². The number of thioether (sulfide) groups is 1. The maximum absolute atomic E-state index is 6.16. The molecule has 0 heterocycles. The van der Waals surface area contributed by atoms with Gasteiger partial charge in [-0.3, -0.25) is 0 Å². The summed E-state index contributed by atoms with van der Waals surface area (Å²) in [5.41, 5.74) is 6.43. The fourth-order valence-corrected chi connectivity index (χ4v) is 3.69. The van der Waals surface area contributed by atoms with Gasteiger partial charge in [-0.05, 0) is 30.4 Å². The van der Waals surface area contributed by atoms with Crippen LogP contribution >= 0.6 is 23.4 Å². The number of halogens is 1. The first-order valence-corrected chi connectivity index (χ1v) is 9.78. The molecule has 0 atom stereocenters. The summed E-state index contributed by atoms with van der Waals surface area (Å²) in [6.07, 6.45) is 13.9. The Bertz CT molecular complexity index is 381. The van der Waals surface area contributed by atoms with Crippen LogP contribution in [0, 0.1) is 0 Å². The lowest BCUT2D eigenvalue weighted by atomic mass is 10.1. The summed E-state index contributed by atoms with van der Waals surface area (Å²) in [5, 5.41) is 0.784. The van der Waals surface area contributed by atoms with Crippen LogP contribution < -0.4 is 5.73 Å². The van der Waals surface area contributed by atoms with Crippen molar-refractivity contribution in [3.8, 4) is 0 Å². The van der Waals surface area contributed by atoms with Crippen LogP contribution in [0.5, 0.6) is 0 Å². The van der Waals surface area contributed by atoms with Crippen LogP contribution in [-0.2, 0) is 0 Å². The quantitative estimate of drug-likeness (QED) is 0.256. The van der Waals surface area contributed by atoms with Crippen LogP contribution in [0.25, 0.3) is 0 Å². The minimum Gasteiger partial charge on any atom is -0.399 e. The number of anilines is 1. The second-order valence-electron chi connectivity index (χ2n) is 5.72. The lowest BCUT2D eigenvalue weighted by molar-refractivity contribution is 0.563. The Balaban J connectivity index is 1.93. The molecule has 0 radical (unpaired) electrons. The van der Waals surface area contributed by atoms with Gasteiger partial charge in [0.2, 0.25) is 0 Å². The van der Waals surface area contributed by atoms with Crippen molar-refractivity contribution in [2.75, 3.05) is 11.5 Å². The highest BCUT2D eigenvalue weighted by molar-refractivity contribution is 7.99. The van der Waals surface area contributed by atoms with Gasteiger partial charge in [-0.15, -0.1) is 11.8 Å². The fourth-order valence-electron chi connectivity index (χ4n) is 2.41. The number of benzene rings is 1. The second-order valence-corrected chi connectivity index (χ2v) is 7.26. The summed E-state index contributed by atoms with van der Waals surface area (Å²) in [5.74, 6) is 1.15. The summed E-state index contributed by atoms with van der Waals surface area (Å²) < 4.78 is 0. The van der Waals surface area contributed by atoms with Gasteiger partial charge >= 0.3 is 0 Å². The highest BCUT2D eigenvalue weighted by atomic mass is 35.5. The maximum Gasteiger partial charge on any atom is 0.0562 e. The molecule has 0 amide bonds. The number of unbranched alkanes of at least 4 members (excludes halogenated alkanes) is 9. The topological polar surface area (TPSA) is 26.0 Å². The zero-order valence-electron chi connectivity index (χ0n) is 13.4. The molecule has 0 aliphatic rings. The van der Waals surface area contributed by atoms with Crippen LogP contribution in [0.2, 0.25) is 5.02 Å². The molecule has 2 N–H and O–H groups in total. The van der Waals surface area contributed by atoms with Crippen molar-refractivity contribution < 1.29 is 0 Å². The average Bonchev–Trinajstić information content (AvgIpc) is 2.46. The van der Waals surface area contributed by atoms with Crippen molar-refractivity contribution in [2.45, 2.75) is 76.0 Å². The number of rotatable bonds is 12. The van der Waals surface area contributed by atoms with E-state index in [-0.39, 0.29) is 0 Å². The van der Waals surface area contributed by atoms with Crippen LogP contribution in [0.15, 0.2) is 23.1 Å². The van der Waals surface area contributed by atoms with E-state index in [2.05, 4.69) is 6.92 Å². The third-order valence-electron chi connectivity index (χ3n) is 3.71. The van der Waals surface area contributed by atoms with Gasteiger partial charge in [0.05, 0.1) is 5.02 Å². The van der Waals surface area contributed by atoms with Gasteiger partial charge in [0.1, 0.15) is 0 Å². The molecule has 0 aliphatic heterocycles. The molecule has 1 nitrogen and oxygen atoms in total. The van der Waals surface area contributed by atoms with Crippen molar-refractivity contribution in [1.29, 1.82) is 0 Å².